The van der Waals surface area contributed by atoms with Gasteiger partial charge in [-0.05, 0) is 6.42 Å². The second kappa shape index (κ2) is 45.4. The minimum atomic E-state index is -0.309. The van der Waals surface area contributed by atoms with E-state index in [1.54, 1.807) is 0 Å². The number of unbranched alkanes of at least 4 members (excludes halogenated alkanes) is 8. The predicted molar refractivity (Wildman–Crippen MR) is 218 cm³/mol. The molecule has 1 rings (SSSR count). The lowest BCUT2D eigenvalue weighted by Crippen LogP contribution is -2.33. The molecule has 346 valence electrons. The number of rotatable bonds is 49. The van der Waals surface area contributed by atoms with Crippen molar-refractivity contribution in [2.75, 3.05) is 172 Å². The van der Waals surface area contributed by atoms with Gasteiger partial charge in [0.25, 0.3) is 11.8 Å². The molecule has 0 fully saturated rings. The Labute approximate surface area is 353 Å². The fourth-order valence-corrected chi connectivity index (χ4v) is 5.20. The van der Waals surface area contributed by atoms with Crippen molar-refractivity contribution >= 4 is 17.8 Å². The number of hydrogen-bond donors (Lipinski definition) is 0. The zero-order valence-electron chi connectivity index (χ0n) is 36.1. The van der Waals surface area contributed by atoms with Gasteiger partial charge >= 0.3 is 5.97 Å². The van der Waals surface area contributed by atoms with E-state index < -0.39 is 0 Å². The normalized spacial score (nSPS) is 12.7. The largest absolute Gasteiger partial charge is 0.463 e. The molecule has 1 heterocycles. The number of nitrogens with zero attached hydrogens (tertiary/aromatic N) is 1. The standard InChI is InChI=1S/C42H77NO16/c1-2-3-4-5-6-7-8-9-10-11-42(46)59-39-38-58-37-36-57-35-34-56-33-32-55-31-30-54-29-28-53-27-26-52-25-24-51-23-22-50-21-20-49-19-18-48-17-16-47-15-14-43-40(44)12-13-41(43)45/h12-13H,2-11,14-39H2,1H3. The third-order valence-corrected chi connectivity index (χ3v) is 8.43. The van der Waals surface area contributed by atoms with Gasteiger partial charge in [0, 0.05) is 18.6 Å². The highest BCUT2D eigenvalue weighted by atomic mass is 16.6. The number of ether oxygens (including phenoxy) is 13. The van der Waals surface area contributed by atoms with Gasteiger partial charge in [0.05, 0.1) is 165 Å². The van der Waals surface area contributed by atoms with Crippen molar-refractivity contribution in [3.8, 4) is 0 Å². The number of carbonyl (C=O) groups excluding carboxylic acids is 3. The van der Waals surface area contributed by atoms with Gasteiger partial charge in [0.2, 0.25) is 0 Å². The van der Waals surface area contributed by atoms with Gasteiger partial charge in [-0.1, -0.05) is 58.3 Å². The van der Waals surface area contributed by atoms with Crippen LogP contribution in [0.3, 0.4) is 0 Å². The molecular formula is C42H77NO16. The Morgan fingerprint density at radius 1 is 0.373 bits per heavy atom. The summed E-state index contributed by atoms with van der Waals surface area (Å²) in [6.07, 6.45) is 14.0. The van der Waals surface area contributed by atoms with E-state index in [1.807, 2.05) is 0 Å². The van der Waals surface area contributed by atoms with Crippen LogP contribution < -0.4 is 0 Å². The van der Waals surface area contributed by atoms with Crippen LogP contribution in [0.5, 0.6) is 0 Å². The van der Waals surface area contributed by atoms with Crippen molar-refractivity contribution < 1.29 is 76.0 Å². The molecule has 1 aliphatic heterocycles. The quantitative estimate of drug-likeness (QED) is 0.0493. The van der Waals surface area contributed by atoms with E-state index in [4.69, 9.17) is 61.6 Å². The topological polar surface area (TPSA) is 174 Å². The Morgan fingerprint density at radius 3 is 0.932 bits per heavy atom. The van der Waals surface area contributed by atoms with Crippen LogP contribution >= 0.6 is 0 Å². The number of imide groups is 1. The van der Waals surface area contributed by atoms with E-state index >= 15 is 0 Å². The van der Waals surface area contributed by atoms with Crippen molar-refractivity contribution in [1.82, 2.24) is 4.90 Å². The first-order valence-electron chi connectivity index (χ1n) is 21.8. The van der Waals surface area contributed by atoms with Crippen LogP contribution in [0.25, 0.3) is 0 Å². The van der Waals surface area contributed by atoms with Gasteiger partial charge in [0.15, 0.2) is 0 Å². The molecule has 2 amide bonds. The van der Waals surface area contributed by atoms with E-state index in [0.717, 1.165) is 17.7 Å². The molecule has 17 nitrogen and oxygen atoms in total. The fraction of sp³-hybridized carbons (Fsp3) is 0.881. The molecule has 0 bridgehead atoms. The average Bonchev–Trinajstić information content (AvgIpc) is 3.56. The molecule has 0 saturated heterocycles. The maximum absolute atomic E-state index is 11.8. The Bertz CT molecular complexity index is 957. The van der Waals surface area contributed by atoms with Crippen LogP contribution in [0, 0.1) is 0 Å². The first kappa shape index (κ1) is 54.9. The van der Waals surface area contributed by atoms with Crippen LogP contribution in [0.2, 0.25) is 0 Å². The number of amides is 2. The molecule has 0 aromatic carbocycles. The third-order valence-electron chi connectivity index (χ3n) is 8.43. The lowest BCUT2D eigenvalue weighted by Gasteiger charge is -2.13. The Morgan fingerprint density at radius 2 is 0.627 bits per heavy atom. The summed E-state index contributed by atoms with van der Waals surface area (Å²) in [5.74, 6) is -0.762. The molecule has 0 aliphatic carbocycles. The number of hydrogen-bond acceptors (Lipinski definition) is 16. The summed E-state index contributed by atoms with van der Waals surface area (Å²) >= 11 is 0. The van der Waals surface area contributed by atoms with Gasteiger partial charge in [-0.15, -0.1) is 0 Å². The molecule has 1 aliphatic rings. The SMILES string of the molecule is CCCCCCCCCCCC(=O)OCCOCCOCCOCCOCCOCCOCCOCCOCCOCCOCCOCCOCCN1C(=O)C=CC1=O. The van der Waals surface area contributed by atoms with Crippen molar-refractivity contribution in [3.63, 3.8) is 0 Å². The summed E-state index contributed by atoms with van der Waals surface area (Å²) in [7, 11) is 0. The van der Waals surface area contributed by atoms with Crippen molar-refractivity contribution in [3.05, 3.63) is 12.2 Å². The second-order valence-electron chi connectivity index (χ2n) is 13.3. The maximum Gasteiger partial charge on any atom is 0.305 e. The van der Waals surface area contributed by atoms with Gasteiger partial charge < -0.3 is 61.6 Å². The maximum atomic E-state index is 11.8. The van der Waals surface area contributed by atoms with E-state index in [9.17, 15) is 14.4 Å². The van der Waals surface area contributed by atoms with E-state index in [-0.39, 0.29) is 37.5 Å². The third kappa shape index (κ3) is 39.7. The van der Waals surface area contributed by atoms with Crippen molar-refractivity contribution in [2.45, 2.75) is 71.1 Å². The number of esters is 1. The molecule has 0 unspecified atom stereocenters. The molecule has 0 aromatic rings. The Hall–Kier alpha value is -2.13. The van der Waals surface area contributed by atoms with Crippen LogP contribution in [0.4, 0.5) is 0 Å². The highest BCUT2D eigenvalue weighted by molar-refractivity contribution is 6.12. The molecule has 0 atom stereocenters. The summed E-state index contributed by atoms with van der Waals surface area (Å²) in [6, 6.07) is 0. The molecule has 0 saturated carbocycles. The fourth-order valence-electron chi connectivity index (χ4n) is 5.20. The van der Waals surface area contributed by atoms with E-state index in [0.29, 0.717) is 158 Å². The highest BCUT2D eigenvalue weighted by Gasteiger charge is 2.22. The zero-order chi connectivity index (χ0) is 42.4. The van der Waals surface area contributed by atoms with E-state index in [2.05, 4.69) is 6.92 Å². The molecule has 17 heteroatoms. The summed E-state index contributed by atoms with van der Waals surface area (Å²) in [6.45, 7) is 13.6. The van der Waals surface area contributed by atoms with Gasteiger partial charge in [-0.2, -0.15) is 0 Å². The summed E-state index contributed by atoms with van der Waals surface area (Å²) < 4.78 is 70.8. The van der Waals surface area contributed by atoms with Crippen LogP contribution in [-0.4, -0.2) is 194 Å². The highest BCUT2D eigenvalue weighted by Crippen LogP contribution is 2.11. The lowest BCUT2D eigenvalue weighted by molar-refractivity contribution is -0.145. The van der Waals surface area contributed by atoms with Crippen molar-refractivity contribution in [2.24, 2.45) is 0 Å². The van der Waals surface area contributed by atoms with Gasteiger partial charge in [-0.3, -0.25) is 19.3 Å². The Balaban J connectivity index is 1.62. The predicted octanol–water partition coefficient (Wildman–Crippen LogP) is 3.57. The molecule has 59 heavy (non-hydrogen) atoms. The van der Waals surface area contributed by atoms with Crippen LogP contribution in [0.1, 0.15) is 71.1 Å². The summed E-state index contributed by atoms with van der Waals surface area (Å²) in [5.41, 5.74) is 0. The molecule has 0 radical (unpaired) electrons. The van der Waals surface area contributed by atoms with Gasteiger partial charge in [-0.25, -0.2) is 0 Å². The second-order valence-corrected chi connectivity index (χ2v) is 13.3. The summed E-state index contributed by atoms with van der Waals surface area (Å²) in [5, 5.41) is 0. The van der Waals surface area contributed by atoms with Crippen LogP contribution in [-0.2, 0) is 76.0 Å². The van der Waals surface area contributed by atoms with Gasteiger partial charge in [0.1, 0.15) is 6.61 Å². The molecule has 0 aromatic heterocycles. The molecule has 0 spiro atoms. The summed E-state index contributed by atoms with van der Waals surface area (Å²) in [4.78, 5) is 35.8. The first-order chi connectivity index (χ1) is 29.1. The minimum Gasteiger partial charge on any atom is -0.463 e. The van der Waals surface area contributed by atoms with Crippen LogP contribution in [0.15, 0.2) is 12.2 Å². The number of carbonyl (C=O) groups is 3. The zero-order valence-corrected chi connectivity index (χ0v) is 36.1. The molecule has 0 N–H and O–H groups in total. The lowest BCUT2D eigenvalue weighted by atomic mass is 10.1. The average molecular weight is 852 g/mol. The van der Waals surface area contributed by atoms with E-state index in [1.165, 1.54) is 57.1 Å². The minimum absolute atomic E-state index is 0.143. The smallest absolute Gasteiger partial charge is 0.305 e. The Kier molecular flexibility index (Phi) is 42.2. The van der Waals surface area contributed by atoms with Crippen molar-refractivity contribution in [1.29, 1.82) is 0 Å². The monoisotopic (exact) mass is 852 g/mol. The molecular weight excluding hydrogens is 774 g/mol. The first-order valence-corrected chi connectivity index (χ1v) is 21.8.